The van der Waals surface area contributed by atoms with Crippen LogP contribution >= 0.6 is 0 Å². The molecule has 0 bridgehead atoms. The topological polar surface area (TPSA) is 78.9 Å². The summed E-state index contributed by atoms with van der Waals surface area (Å²) >= 11 is 0. The molecule has 0 saturated carbocycles. The average molecular weight is 313 g/mol. The van der Waals surface area contributed by atoms with Gasteiger partial charge in [0, 0.05) is 23.2 Å². The maximum absolute atomic E-state index is 12.2. The molecule has 0 aliphatic rings. The molecule has 0 saturated heterocycles. The van der Waals surface area contributed by atoms with E-state index in [2.05, 4.69) is 31.8 Å². The molecule has 124 valence electrons. The van der Waals surface area contributed by atoms with Crippen molar-refractivity contribution in [2.45, 2.75) is 34.1 Å². The first-order chi connectivity index (χ1) is 10.8. The standard InChI is InChI=1S/C19H27N3O/c1-6-19(5,13(2)3)16(12-20)9-10-22-18(23)15-8-7-14(4)17(21)11-15/h6-8,11,13,16H,1,9-10,21H2,2-5H3,(H,22,23). The molecular weight excluding hydrogens is 286 g/mol. The SMILES string of the molecule is C=CC(C)(C(C)C)C(C#N)CCNC(=O)c1ccc(C)c(N)c1. The summed E-state index contributed by atoms with van der Waals surface area (Å²) in [5.74, 6) is -0.0566. The fourth-order valence-electron chi connectivity index (χ4n) is 2.51. The van der Waals surface area contributed by atoms with Gasteiger partial charge in [0.05, 0.1) is 12.0 Å². The van der Waals surface area contributed by atoms with Crippen LogP contribution in [0.1, 0.15) is 43.1 Å². The highest BCUT2D eigenvalue weighted by atomic mass is 16.1. The van der Waals surface area contributed by atoms with Crippen LogP contribution in [-0.4, -0.2) is 12.5 Å². The molecule has 1 aromatic rings. The second-order valence-electron chi connectivity index (χ2n) is 6.52. The largest absolute Gasteiger partial charge is 0.398 e. The number of hydrogen-bond donors (Lipinski definition) is 2. The second kappa shape index (κ2) is 7.82. The Bertz CT molecular complexity index is 616. The third kappa shape index (κ3) is 4.35. The van der Waals surface area contributed by atoms with Crippen LogP contribution in [0.15, 0.2) is 30.9 Å². The number of nitrogens with two attached hydrogens (primary N) is 1. The summed E-state index contributed by atoms with van der Waals surface area (Å²) in [6.07, 6.45) is 2.44. The molecule has 0 aromatic heterocycles. The number of benzene rings is 1. The van der Waals surface area contributed by atoms with Crippen molar-refractivity contribution in [3.63, 3.8) is 0 Å². The second-order valence-corrected chi connectivity index (χ2v) is 6.52. The maximum atomic E-state index is 12.2. The van der Waals surface area contributed by atoms with Crippen molar-refractivity contribution >= 4 is 11.6 Å². The van der Waals surface area contributed by atoms with E-state index in [0.29, 0.717) is 30.1 Å². The van der Waals surface area contributed by atoms with Crippen LogP contribution in [0.3, 0.4) is 0 Å². The predicted octanol–water partition coefficient (Wildman–Crippen LogP) is 3.69. The third-order valence-electron chi connectivity index (χ3n) is 4.85. The van der Waals surface area contributed by atoms with Gasteiger partial charge in [-0.05, 0) is 37.0 Å². The van der Waals surface area contributed by atoms with Crippen molar-refractivity contribution < 1.29 is 4.79 Å². The third-order valence-corrected chi connectivity index (χ3v) is 4.85. The smallest absolute Gasteiger partial charge is 0.251 e. The molecule has 1 amide bonds. The van der Waals surface area contributed by atoms with Gasteiger partial charge in [-0.15, -0.1) is 6.58 Å². The number of allylic oxidation sites excluding steroid dienone is 1. The lowest BCUT2D eigenvalue weighted by atomic mass is 9.68. The van der Waals surface area contributed by atoms with Gasteiger partial charge in [-0.3, -0.25) is 4.79 Å². The summed E-state index contributed by atoms with van der Waals surface area (Å²) in [4.78, 5) is 12.2. The van der Waals surface area contributed by atoms with E-state index in [1.807, 2.05) is 26.0 Å². The van der Waals surface area contributed by atoms with E-state index in [0.717, 1.165) is 5.56 Å². The predicted molar refractivity (Wildman–Crippen MR) is 94.8 cm³/mol. The van der Waals surface area contributed by atoms with Gasteiger partial charge in [0.2, 0.25) is 0 Å². The molecule has 0 aliphatic heterocycles. The monoisotopic (exact) mass is 313 g/mol. The number of rotatable bonds is 7. The number of carbonyl (C=O) groups excluding carboxylic acids is 1. The lowest BCUT2D eigenvalue weighted by molar-refractivity contribution is 0.0948. The number of aryl methyl sites for hydroxylation is 1. The Morgan fingerprint density at radius 3 is 2.65 bits per heavy atom. The Morgan fingerprint density at radius 2 is 2.17 bits per heavy atom. The summed E-state index contributed by atoms with van der Waals surface area (Å²) in [6.45, 7) is 12.4. The van der Waals surface area contributed by atoms with Crippen LogP contribution in [0.5, 0.6) is 0 Å². The quantitative estimate of drug-likeness (QED) is 0.595. The number of nitriles is 1. The highest BCUT2D eigenvalue weighted by Gasteiger charge is 2.34. The van der Waals surface area contributed by atoms with Crippen molar-refractivity contribution in [1.29, 1.82) is 5.26 Å². The number of nitrogens with one attached hydrogen (secondary N) is 1. The van der Waals surface area contributed by atoms with Crippen LogP contribution < -0.4 is 11.1 Å². The van der Waals surface area contributed by atoms with Crippen LogP contribution in [0.4, 0.5) is 5.69 Å². The summed E-state index contributed by atoms with van der Waals surface area (Å²) in [7, 11) is 0. The first-order valence-electron chi connectivity index (χ1n) is 7.93. The summed E-state index contributed by atoms with van der Waals surface area (Å²) in [5.41, 5.74) is 7.65. The highest BCUT2D eigenvalue weighted by molar-refractivity contribution is 5.95. The first-order valence-corrected chi connectivity index (χ1v) is 7.93. The lowest BCUT2D eigenvalue weighted by Gasteiger charge is -2.34. The van der Waals surface area contributed by atoms with Crippen LogP contribution in [0.25, 0.3) is 0 Å². The van der Waals surface area contributed by atoms with Gasteiger partial charge in [-0.1, -0.05) is 32.9 Å². The minimum absolute atomic E-state index is 0.168. The van der Waals surface area contributed by atoms with Crippen molar-refractivity contribution in [2.24, 2.45) is 17.3 Å². The van der Waals surface area contributed by atoms with Crippen molar-refractivity contribution in [1.82, 2.24) is 5.32 Å². The Hall–Kier alpha value is -2.28. The van der Waals surface area contributed by atoms with Crippen molar-refractivity contribution in [3.05, 3.63) is 42.0 Å². The van der Waals surface area contributed by atoms with E-state index in [4.69, 9.17) is 5.73 Å². The number of carbonyl (C=O) groups is 1. The van der Waals surface area contributed by atoms with Crippen LogP contribution in [-0.2, 0) is 0 Å². The number of nitrogen functional groups attached to an aromatic ring is 1. The zero-order valence-electron chi connectivity index (χ0n) is 14.5. The van der Waals surface area contributed by atoms with E-state index in [9.17, 15) is 10.1 Å². The van der Waals surface area contributed by atoms with Gasteiger partial charge < -0.3 is 11.1 Å². The van der Waals surface area contributed by atoms with Crippen molar-refractivity contribution in [3.8, 4) is 6.07 Å². The van der Waals surface area contributed by atoms with E-state index in [1.165, 1.54) is 0 Å². The summed E-state index contributed by atoms with van der Waals surface area (Å²) in [6, 6.07) is 7.62. The molecule has 2 atom stereocenters. The molecule has 0 fully saturated rings. The minimum Gasteiger partial charge on any atom is -0.398 e. The van der Waals surface area contributed by atoms with E-state index < -0.39 is 0 Å². The Kier molecular flexibility index (Phi) is 6.38. The van der Waals surface area contributed by atoms with E-state index >= 15 is 0 Å². The van der Waals surface area contributed by atoms with Gasteiger partial charge in [0.1, 0.15) is 0 Å². The fraction of sp³-hybridized carbons (Fsp3) is 0.474. The highest BCUT2D eigenvalue weighted by Crippen LogP contribution is 2.38. The normalized spacial score (nSPS) is 14.6. The first kappa shape index (κ1) is 18.8. The fourth-order valence-corrected chi connectivity index (χ4v) is 2.51. The van der Waals surface area contributed by atoms with E-state index in [1.54, 1.807) is 12.1 Å². The molecule has 4 nitrogen and oxygen atoms in total. The molecule has 3 N–H and O–H groups in total. The maximum Gasteiger partial charge on any atom is 0.251 e. The average Bonchev–Trinajstić information content (AvgIpc) is 2.53. The molecule has 1 aromatic carbocycles. The minimum atomic E-state index is -0.270. The molecule has 23 heavy (non-hydrogen) atoms. The molecule has 0 heterocycles. The van der Waals surface area contributed by atoms with Gasteiger partial charge >= 0.3 is 0 Å². The number of anilines is 1. The number of amides is 1. The molecular formula is C19H27N3O. The lowest BCUT2D eigenvalue weighted by Crippen LogP contribution is -2.33. The summed E-state index contributed by atoms with van der Waals surface area (Å²) < 4.78 is 0. The zero-order valence-corrected chi connectivity index (χ0v) is 14.5. The Labute approximate surface area is 139 Å². The molecule has 0 aliphatic carbocycles. The number of nitrogens with zero attached hydrogens (tertiary/aromatic N) is 1. The van der Waals surface area contributed by atoms with Crippen LogP contribution in [0.2, 0.25) is 0 Å². The van der Waals surface area contributed by atoms with E-state index in [-0.39, 0.29) is 17.2 Å². The molecule has 0 spiro atoms. The van der Waals surface area contributed by atoms with Crippen molar-refractivity contribution in [2.75, 3.05) is 12.3 Å². The number of hydrogen-bond acceptors (Lipinski definition) is 3. The zero-order chi connectivity index (χ0) is 17.6. The van der Waals surface area contributed by atoms with Gasteiger partial charge in [0.15, 0.2) is 0 Å². The molecule has 2 unspecified atom stereocenters. The molecule has 1 rings (SSSR count). The van der Waals surface area contributed by atoms with Gasteiger partial charge in [-0.25, -0.2) is 0 Å². The summed E-state index contributed by atoms with van der Waals surface area (Å²) in [5, 5.41) is 12.3. The molecule has 4 heteroatoms. The molecule has 0 radical (unpaired) electrons. The Balaban J connectivity index is 2.67. The Morgan fingerprint density at radius 1 is 1.52 bits per heavy atom. The van der Waals surface area contributed by atoms with Crippen LogP contribution in [0, 0.1) is 35.5 Å². The van der Waals surface area contributed by atoms with Gasteiger partial charge in [0.25, 0.3) is 5.91 Å². The van der Waals surface area contributed by atoms with Gasteiger partial charge in [-0.2, -0.15) is 5.26 Å².